The number of benzene rings is 1. The van der Waals surface area contributed by atoms with Crippen LogP contribution >= 0.6 is 12.4 Å². The Kier molecular flexibility index (Phi) is 8.35. The van der Waals surface area contributed by atoms with E-state index in [4.69, 9.17) is 10.5 Å². The van der Waals surface area contributed by atoms with E-state index in [9.17, 15) is 9.59 Å². The fraction of sp³-hybridized carbons (Fsp3) is 0.385. The number of carbonyl (C=O) groups excluding carboxylic acids is 2. The summed E-state index contributed by atoms with van der Waals surface area (Å²) < 4.78 is 5.04. The van der Waals surface area contributed by atoms with Gasteiger partial charge in [0.25, 0.3) is 5.91 Å². The van der Waals surface area contributed by atoms with Gasteiger partial charge in [0.05, 0.1) is 13.2 Å². The van der Waals surface area contributed by atoms with Gasteiger partial charge >= 0.3 is 0 Å². The predicted octanol–water partition coefficient (Wildman–Crippen LogP) is 0.310. The van der Waals surface area contributed by atoms with E-state index in [1.807, 2.05) is 0 Å². The summed E-state index contributed by atoms with van der Waals surface area (Å²) in [5.41, 5.74) is 5.90. The summed E-state index contributed by atoms with van der Waals surface area (Å²) in [6.07, 6.45) is 0. The number of nitrogens with two attached hydrogens (primary N) is 1. The molecule has 1 aromatic rings. The van der Waals surface area contributed by atoms with Crippen LogP contribution < -0.4 is 21.1 Å². The van der Waals surface area contributed by atoms with Crippen molar-refractivity contribution in [3.63, 3.8) is 0 Å². The van der Waals surface area contributed by atoms with Gasteiger partial charge in [-0.1, -0.05) is 6.07 Å². The first-order valence-electron chi connectivity index (χ1n) is 6.00. The molecule has 7 heteroatoms. The molecule has 0 bridgehead atoms. The molecule has 0 aliphatic heterocycles. The maximum atomic E-state index is 11.8. The maximum Gasteiger partial charge on any atom is 0.251 e. The molecule has 112 valence electrons. The fourth-order valence-electron chi connectivity index (χ4n) is 1.39. The van der Waals surface area contributed by atoms with E-state index in [1.54, 1.807) is 38.3 Å². The minimum atomic E-state index is -0.547. The molecule has 20 heavy (non-hydrogen) atoms. The molecule has 0 spiro atoms. The summed E-state index contributed by atoms with van der Waals surface area (Å²) >= 11 is 0. The number of hydrogen-bond acceptors (Lipinski definition) is 4. The summed E-state index contributed by atoms with van der Waals surface area (Å²) in [7, 11) is 1.54. The van der Waals surface area contributed by atoms with E-state index in [0.29, 0.717) is 24.4 Å². The summed E-state index contributed by atoms with van der Waals surface area (Å²) in [5, 5.41) is 5.30. The van der Waals surface area contributed by atoms with Crippen LogP contribution in [0.15, 0.2) is 24.3 Å². The molecule has 0 unspecified atom stereocenters. The number of amides is 2. The summed E-state index contributed by atoms with van der Waals surface area (Å²) in [6, 6.07) is 6.30. The van der Waals surface area contributed by atoms with E-state index in [-0.39, 0.29) is 24.2 Å². The van der Waals surface area contributed by atoms with Crippen molar-refractivity contribution in [2.24, 2.45) is 5.73 Å². The second kappa shape index (κ2) is 9.17. The Morgan fingerprint density at radius 2 is 1.95 bits per heavy atom. The quantitative estimate of drug-likeness (QED) is 0.659. The molecule has 0 saturated heterocycles. The van der Waals surface area contributed by atoms with E-state index in [1.165, 1.54) is 0 Å². The van der Waals surface area contributed by atoms with E-state index in [2.05, 4.69) is 10.6 Å². The van der Waals surface area contributed by atoms with Gasteiger partial charge in [-0.3, -0.25) is 9.59 Å². The van der Waals surface area contributed by atoms with Crippen molar-refractivity contribution in [3.8, 4) is 5.75 Å². The molecule has 0 aliphatic rings. The van der Waals surface area contributed by atoms with Crippen LogP contribution in [0.2, 0.25) is 0 Å². The lowest BCUT2D eigenvalue weighted by Gasteiger charge is -2.09. The van der Waals surface area contributed by atoms with Crippen molar-refractivity contribution < 1.29 is 14.3 Å². The Morgan fingerprint density at radius 1 is 1.30 bits per heavy atom. The third-order valence-electron chi connectivity index (χ3n) is 2.46. The molecule has 0 heterocycles. The van der Waals surface area contributed by atoms with Crippen molar-refractivity contribution in [2.45, 2.75) is 13.0 Å². The van der Waals surface area contributed by atoms with Gasteiger partial charge in [0.15, 0.2) is 0 Å². The zero-order valence-electron chi connectivity index (χ0n) is 11.5. The van der Waals surface area contributed by atoms with E-state index < -0.39 is 6.04 Å². The summed E-state index contributed by atoms with van der Waals surface area (Å²) in [6.45, 7) is 2.29. The van der Waals surface area contributed by atoms with Gasteiger partial charge < -0.3 is 21.1 Å². The monoisotopic (exact) mass is 301 g/mol. The van der Waals surface area contributed by atoms with E-state index >= 15 is 0 Å². The zero-order chi connectivity index (χ0) is 14.3. The molecule has 4 N–H and O–H groups in total. The van der Waals surface area contributed by atoms with Gasteiger partial charge in [-0.15, -0.1) is 12.4 Å². The standard InChI is InChI=1S/C13H19N3O3.ClH/c1-9(14)12(17)15-6-7-16-13(18)10-4-3-5-11(8-10)19-2;/h3-5,8-9H,6-7,14H2,1-2H3,(H,15,17)(H,16,18);1H/t9-;/m1./s1. The van der Waals surface area contributed by atoms with Crippen molar-refractivity contribution in [1.29, 1.82) is 0 Å². The lowest BCUT2D eigenvalue weighted by atomic mass is 10.2. The Bertz CT molecular complexity index is 452. The number of carbonyl (C=O) groups is 2. The van der Waals surface area contributed by atoms with Gasteiger partial charge in [-0.05, 0) is 25.1 Å². The molecule has 0 radical (unpaired) electrons. The van der Waals surface area contributed by atoms with Crippen LogP contribution in [-0.4, -0.2) is 38.1 Å². The van der Waals surface area contributed by atoms with E-state index in [0.717, 1.165) is 0 Å². The molecule has 0 fully saturated rings. The number of ether oxygens (including phenoxy) is 1. The van der Waals surface area contributed by atoms with Crippen LogP contribution in [-0.2, 0) is 4.79 Å². The Balaban J connectivity index is 0.00000361. The van der Waals surface area contributed by atoms with Crippen molar-refractivity contribution in [3.05, 3.63) is 29.8 Å². The van der Waals surface area contributed by atoms with Crippen LogP contribution in [0.4, 0.5) is 0 Å². The Morgan fingerprint density at radius 3 is 2.55 bits per heavy atom. The Labute approximate surface area is 124 Å². The van der Waals surface area contributed by atoms with Gasteiger partial charge in [0.1, 0.15) is 5.75 Å². The predicted molar refractivity (Wildman–Crippen MR) is 79.2 cm³/mol. The molecule has 2 amide bonds. The van der Waals surface area contributed by atoms with Crippen LogP contribution in [0.25, 0.3) is 0 Å². The highest BCUT2D eigenvalue weighted by Crippen LogP contribution is 2.11. The SMILES string of the molecule is COc1cccc(C(=O)NCCNC(=O)[C@@H](C)N)c1.Cl. The van der Waals surface area contributed by atoms with Gasteiger partial charge in [0, 0.05) is 18.7 Å². The van der Waals surface area contributed by atoms with Crippen molar-refractivity contribution >= 4 is 24.2 Å². The average Bonchev–Trinajstić information content (AvgIpc) is 2.42. The number of rotatable bonds is 6. The lowest BCUT2D eigenvalue weighted by molar-refractivity contribution is -0.121. The first kappa shape index (κ1) is 18.2. The average molecular weight is 302 g/mol. The smallest absolute Gasteiger partial charge is 0.251 e. The fourth-order valence-corrected chi connectivity index (χ4v) is 1.39. The molecule has 1 rings (SSSR count). The van der Waals surface area contributed by atoms with Gasteiger partial charge in [-0.2, -0.15) is 0 Å². The molecular weight excluding hydrogens is 282 g/mol. The molecule has 1 atom stereocenters. The third-order valence-corrected chi connectivity index (χ3v) is 2.46. The van der Waals surface area contributed by atoms with Crippen LogP contribution in [0.3, 0.4) is 0 Å². The Hall–Kier alpha value is -1.79. The topological polar surface area (TPSA) is 93.5 Å². The number of methoxy groups -OCH3 is 1. The van der Waals surface area contributed by atoms with Crippen molar-refractivity contribution in [1.82, 2.24) is 10.6 Å². The van der Waals surface area contributed by atoms with Crippen LogP contribution in [0, 0.1) is 0 Å². The number of nitrogens with one attached hydrogen (secondary N) is 2. The second-order valence-electron chi connectivity index (χ2n) is 4.07. The highest BCUT2D eigenvalue weighted by atomic mass is 35.5. The largest absolute Gasteiger partial charge is 0.497 e. The normalized spacial score (nSPS) is 10.9. The summed E-state index contributed by atoms with van der Waals surface area (Å²) in [5.74, 6) is 0.169. The van der Waals surface area contributed by atoms with Gasteiger partial charge in [-0.25, -0.2) is 0 Å². The highest BCUT2D eigenvalue weighted by molar-refractivity contribution is 5.94. The van der Waals surface area contributed by atoms with Crippen LogP contribution in [0.5, 0.6) is 5.75 Å². The zero-order valence-corrected chi connectivity index (χ0v) is 12.3. The van der Waals surface area contributed by atoms with Crippen molar-refractivity contribution in [2.75, 3.05) is 20.2 Å². The molecule has 6 nitrogen and oxygen atoms in total. The molecule has 0 saturated carbocycles. The number of halogens is 1. The van der Waals surface area contributed by atoms with Gasteiger partial charge in [0.2, 0.25) is 5.91 Å². The first-order valence-corrected chi connectivity index (χ1v) is 6.00. The maximum absolute atomic E-state index is 11.8. The first-order chi connectivity index (χ1) is 9.04. The third kappa shape index (κ3) is 5.90. The minimum absolute atomic E-state index is 0. The molecular formula is C13H20ClN3O3. The molecule has 0 aromatic heterocycles. The molecule has 0 aliphatic carbocycles. The minimum Gasteiger partial charge on any atom is -0.497 e. The number of hydrogen-bond donors (Lipinski definition) is 3. The molecule has 1 aromatic carbocycles. The summed E-state index contributed by atoms with van der Waals surface area (Å²) in [4.78, 5) is 23.0. The lowest BCUT2D eigenvalue weighted by Crippen LogP contribution is -2.42. The highest BCUT2D eigenvalue weighted by Gasteiger charge is 2.07. The second-order valence-corrected chi connectivity index (χ2v) is 4.07. The van der Waals surface area contributed by atoms with Crippen LogP contribution in [0.1, 0.15) is 17.3 Å².